The Morgan fingerprint density at radius 2 is 2.00 bits per heavy atom. The summed E-state index contributed by atoms with van der Waals surface area (Å²) in [7, 11) is -3.38. The highest BCUT2D eigenvalue weighted by molar-refractivity contribution is 7.90. The van der Waals surface area contributed by atoms with E-state index < -0.39 is 15.2 Å². The zero-order valence-corrected chi connectivity index (χ0v) is 11.1. The lowest BCUT2D eigenvalue weighted by molar-refractivity contribution is 0.564. The van der Waals surface area contributed by atoms with Crippen LogP contribution in [0.15, 0.2) is 24.3 Å². The van der Waals surface area contributed by atoms with Crippen LogP contribution < -0.4 is 4.72 Å². The van der Waals surface area contributed by atoms with Crippen LogP contribution in [0.4, 0.5) is 0 Å². The first-order valence-corrected chi connectivity index (χ1v) is 7.30. The van der Waals surface area contributed by atoms with Gasteiger partial charge in [0.15, 0.2) is 0 Å². The van der Waals surface area contributed by atoms with Gasteiger partial charge in [-0.2, -0.15) is 0 Å². The quantitative estimate of drug-likeness (QED) is 0.843. The smallest absolute Gasteiger partial charge is 0.211 e. The van der Waals surface area contributed by atoms with E-state index in [0.29, 0.717) is 11.4 Å². The van der Waals surface area contributed by atoms with Crippen LogP contribution in [0.25, 0.3) is 0 Å². The highest BCUT2D eigenvalue weighted by Crippen LogP contribution is 2.16. The molecule has 3 nitrogen and oxygen atoms in total. The molecule has 0 fully saturated rings. The summed E-state index contributed by atoms with van der Waals surface area (Å²) in [4.78, 5) is 0. The second kappa shape index (κ2) is 5.87. The summed E-state index contributed by atoms with van der Waals surface area (Å²) in [6, 6.07) is 7.11. The van der Waals surface area contributed by atoms with Crippen LogP contribution in [-0.2, 0) is 16.4 Å². The monoisotopic (exact) mass is 281 g/mol. The van der Waals surface area contributed by atoms with E-state index in [0.717, 1.165) is 5.56 Å². The largest absolute Gasteiger partial charge is 0.225 e. The number of sulfonamides is 1. The first kappa shape index (κ1) is 13.8. The molecule has 1 aromatic carbocycles. The van der Waals surface area contributed by atoms with Gasteiger partial charge in [-0.15, -0.1) is 11.6 Å². The van der Waals surface area contributed by atoms with Gasteiger partial charge >= 0.3 is 0 Å². The van der Waals surface area contributed by atoms with Crippen LogP contribution in [0.2, 0.25) is 5.02 Å². The average Bonchev–Trinajstić information content (AvgIpc) is 2.21. The van der Waals surface area contributed by atoms with Gasteiger partial charge < -0.3 is 0 Å². The predicted molar refractivity (Wildman–Crippen MR) is 67.4 cm³/mol. The van der Waals surface area contributed by atoms with Crippen molar-refractivity contribution < 1.29 is 8.42 Å². The van der Waals surface area contributed by atoms with E-state index in [9.17, 15) is 8.42 Å². The third-order valence-corrected chi connectivity index (χ3v) is 4.29. The van der Waals surface area contributed by atoms with Gasteiger partial charge in [0.2, 0.25) is 10.0 Å². The summed E-state index contributed by atoms with van der Waals surface area (Å²) in [5.41, 5.74) is 0.911. The second-order valence-corrected chi connectivity index (χ2v) is 6.28. The molecule has 90 valence electrons. The minimum absolute atomic E-state index is 0.233. The van der Waals surface area contributed by atoms with Crippen LogP contribution in [0.3, 0.4) is 0 Å². The molecule has 1 atom stereocenters. The van der Waals surface area contributed by atoms with E-state index in [2.05, 4.69) is 4.72 Å². The Morgan fingerprint density at radius 1 is 1.38 bits per heavy atom. The van der Waals surface area contributed by atoms with Crippen LogP contribution in [0, 0.1) is 0 Å². The number of rotatable bonds is 5. The van der Waals surface area contributed by atoms with Crippen molar-refractivity contribution in [1.82, 2.24) is 4.72 Å². The summed E-state index contributed by atoms with van der Waals surface area (Å²) >= 11 is 11.3. The summed E-state index contributed by atoms with van der Waals surface area (Å²) in [5, 5.41) is 0.208. The first-order valence-electron chi connectivity index (χ1n) is 4.74. The van der Waals surface area contributed by atoms with E-state index in [-0.39, 0.29) is 6.04 Å². The fourth-order valence-corrected chi connectivity index (χ4v) is 2.53. The Bertz CT molecular complexity index is 448. The van der Waals surface area contributed by atoms with Gasteiger partial charge in [-0.3, -0.25) is 0 Å². The first-order chi connectivity index (χ1) is 7.44. The van der Waals surface area contributed by atoms with Crippen molar-refractivity contribution in [2.45, 2.75) is 19.4 Å². The number of hydrogen-bond acceptors (Lipinski definition) is 2. The predicted octanol–water partition coefficient (Wildman–Crippen LogP) is 2.39. The average molecular weight is 282 g/mol. The Morgan fingerprint density at radius 3 is 2.56 bits per heavy atom. The molecule has 0 amide bonds. The van der Waals surface area contributed by atoms with Gasteiger partial charge in [0.05, 0.1) is 0 Å². The molecule has 0 aliphatic rings. The third-order valence-electron chi connectivity index (χ3n) is 2.01. The maximum Gasteiger partial charge on any atom is 0.225 e. The molecule has 1 aromatic rings. The summed E-state index contributed by atoms with van der Waals surface area (Å²) in [6.07, 6.45) is 0.537. The number of nitrogens with one attached hydrogen (secondary N) is 1. The molecular weight excluding hydrogens is 269 g/mol. The molecule has 1 N–H and O–H groups in total. The van der Waals surface area contributed by atoms with E-state index >= 15 is 0 Å². The lowest BCUT2D eigenvalue weighted by atomic mass is 10.1. The molecule has 0 bridgehead atoms. The maximum atomic E-state index is 11.2. The second-order valence-electron chi connectivity index (χ2n) is 3.54. The summed E-state index contributed by atoms with van der Waals surface area (Å²) < 4.78 is 24.9. The van der Waals surface area contributed by atoms with E-state index in [1.54, 1.807) is 13.0 Å². The van der Waals surface area contributed by atoms with E-state index in [1.165, 1.54) is 0 Å². The lowest BCUT2D eigenvalue weighted by Gasteiger charge is -2.13. The molecule has 1 unspecified atom stereocenters. The topological polar surface area (TPSA) is 46.2 Å². The zero-order valence-electron chi connectivity index (χ0n) is 8.78. The molecule has 1 rings (SSSR count). The van der Waals surface area contributed by atoms with Gasteiger partial charge in [-0.05, 0) is 25.0 Å². The molecular formula is C10H13Cl2NO2S. The summed E-state index contributed by atoms with van der Waals surface area (Å²) in [6.45, 7) is 1.77. The lowest BCUT2D eigenvalue weighted by Crippen LogP contribution is -2.34. The molecule has 0 spiro atoms. The highest BCUT2D eigenvalue weighted by Gasteiger charge is 2.14. The maximum absolute atomic E-state index is 11.2. The van der Waals surface area contributed by atoms with E-state index in [4.69, 9.17) is 23.2 Å². The van der Waals surface area contributed by atoms with Crippen molar-refractivity contribution in [3.05, 3.63) is 34.9 Å². The van der Waals surface area contributed by atoms with Crippen molar-refractivity contribution in [2.75, 3.05) is 5.21 Å². The van der Waals surface area contributed by atoms with Crippen molar-refractivity contribution in [1.29, 1.82) is 0 Å². The zero-order chi connectivity index (χ0) is 12.2. The SMILES string of the molecule is CC(Cc1ccccc1Cl)NS(=O)(=O)CCl. The standard InChI is InChI=1S/C10H13Cl2NO2S/c1-8(13-16(14,15)7-11)6-9-4-2-3-5-10(9)12/h2-5,8,13H,6-7H2,1H3. The number of hydrogen-bond donors (Lipinski definition) is 1. The molecule has 6 heteroatoms. The minimum atomic E-state index is -3.38. The van der Waals surface area contributed by atoms with Gasteiger partial charge in [0.1, 0.15) is 5.21 Å². The number of benzene rings is 1. The molecule has 0 radical (unpaired) electrons. The Hall–Kier alpha value is -0.290. The van der Waals surface area contributed by atoms with Crippen LogP contribution in [0.1, 0.15) is 12.5 Å². The Kier molecular flexibility index (Phi) is 5.05. The van der Waals surface area contributed by atoms with Crippen LogP contribution in [-0.4, -0.2) is 19.7 Å². The van der Waals surface area contributed by atoms with Gasteiger partial charge in [0, 0.05) is 11.1 Å². The van der Waals surface area contributed by atoms with Crippen LogP contribution in [0.5, 0.6) is 0 Å². The molecule has 0 saturated carbocycles. The van der Waals surface area contributed by atoms with Crippen molar-refractivity contribution in [3.63, 3.8) is 0 Å². The van der Waals surface area contributed by atoms with Crippen molar-refractivity contribution in [2.24, 2.45) is 0 Å². The molecule has 0 heterocycles. The van der Waals surface area contributed by atoms with Gasteiger partial charge in [0.25, 0.3) is 0 Å². The van der Waals surface area contributed by atoms with Crippen molar-refractivity contribution >= 4 is 33.2 Å². The molecule has 0 aliphatic heterocycles. The number of halogens is 2. The van der Waals surface area contributed by atoms with Crippen LogP contribution >= 0.6 is 23.2 Å². The fourth-order valence-electron chi connectivity index (χ4n) is 1.37. The van der Waals surface area contributed by atoms with E-state index in [1.807, 2.05) is 18.2 Å². The molecule has 0 aromatic heterocycles. The Labute approximate surface area is 106 Å². The Balaban J connectivity index is 2.66. The molecule has 0 aliphatic carbocycles. The fraction of sp³-hybridized carbons (Fsp3) is 0.400. The minimum Gasteiger partial charge on any atom is -0.211 e. The summed E-state index contributed by atoms with van der Waals surface area (Å²) in [5.74, 6) is 0. The molecule has 0 saturated heterocycles. The van der Waals surface area contributed by atoms with Gasteiger partial charge in [-0.25, -0.2) is 13.1 Å². The molecule has 16 heavy (non-hydrogen) atoms. The van der Waals surface area contributed by atoms with Crippen molar-refractivity contribution in [3.8, 4) is 0 Å². The normalized spacial score (nSPS) is 13.7. The number of alkyl halides is 1. The third kappa shape index (κ3) is 4.29. The highest BCUT2D eigenvalue weighted by atomic mass is 35.5. The van der Waals surface area contributed by atoms with Gasteiger partial charge in [-0.1, -0.05) is 29.8 Å².